The van der Waals surface area contributed by atoms with Crippen LogP contribution in [-0.2, 0) is 11.0 Å². The van der Waals surface area contributed by atoms with E-state index in [0.717, 1.165) is 23.5 Å². The van der Waals surface area contributed by atoms with Crippen LogP contribution in [0.3, 0.4) is 0 Å². The quantitative estimate of drug-likeness (QED) is 0.372. The molecule has 1 aromatic carbocycles. The lowest BCUT2D eigenvalue weighted by Crippen LogP contribution is -2.58. The molecule has 41 heavy (non-hydrogen) atoms. The number of carbonyl (C=O) groups is 1. The molecule has 1 fully saturated rings. The van der Waals surface area contributed by atoms with Crippen molar-refractivity contribution in [1.29, 1.82) is 0 Å². The van der Waals surface area contributed by atoms with Crippen LogP contribution in [0.4, 0.5) is 34.8 Å². The maximum Gasteiger partial charge on any atom is 0.416 e. The number of alkyl halides is 3. The van der Waals surface area contributed by atoms with Gasteiger partial charge in [-0.2, -0.15) is 22.5 Å². The van der Waals surface area contributed by atoms with E-state index in [2.05, 4.69) is 14.9 Å². The molecule has 218 valence electrons. The molecule has 0 amide bonds. The summed E-state index contributed by atoms with van der Waals surface area (Å²) in [4.78, 5) is 26.4. The van der Waals surface area contributed by atoms with Gasteiger partial charge in [0.25, 0.3) is 0 Å². The Bertz CT molecular complexity index is 1480. The molecule has 0 spiro atoms. The number of guanidine groups is 1. The zero-order chi connectivity index (χ0) is 29.5. The fourth-order valence-corrected chi connectivity index (χ4v) is 5.97. The number of anilines is 2. The van der Waals surface area contributed by atoms with Crippen molar-refractivity contribution in [2.24, 2.45) is 4.99 Å². The van der Waals surface area contributed by atoms with Gasteiger partial charge in [-0.15, -0.1) is 11.3 Å². The van der Waals surface area contributed by atoms with Gasteiger partial charge in [0.2, 0.25) is 17.0 Å². The number of rotatable bonds is 6. The molecule has 3 aromatic rings. The Balaban J connectivity index is 1.60. The number of methoxy groups -OCH3 is 2. The summed E-state index contributed by atoms with van der Waals surface area (Å²) in [5, 5.41) is 10.7. The highest BCUT2D eigenvalue weighted by molar-refractivity contribution is 7.08. The highest BCUT2D eigenvalue weighted by Gasteiger charge is 2.41. The second-order valence-corrected chi connectivity index (χ2v) is 10.4. The zero-order valence-corrected chi connectivity index (χ0v) is 23.2. The van der Waals surface area contributed by atoms with Crippen LogP contribution in [0, 0.1) is 5.13 Å². The lowest BCUT2D eigenvalue weighted by Gasteiger charge is -2.46. The van der Waals surface area contributed by atoms with E-state index in [1.807, 2.05) is 24.0 Å². The van der Waals surface area contributed by atoms with E-state index >= 15 is 0 Å². The second-order valence-electron chi connectivity index (χ2n) is 9.62. The van der Waals surface area contributed by atoms with Crippen molar-refractivity contribution in [3.8, 4) is 11.6 Å². The zero-order valence-electron chi connectivity index (χ0n) is 22.4. The van der Waals surface area contributed by atoms with Crippen molar-refractivity contribution in [3.05, 3.63) is 58.0 Å². The lowest BCUT2D eigenvalue weighted by atomic mass is 10.00. The molecule has 5 rings (SSSR count). The number of halogens is 4. The summed E-state index contributed by atoms with van der Waals surface area (Å²) in [6, 6.07) is 7.21. The van der Waals surface area contributed by atoms with Crippen molar-refractivity contribution >= 4 is 40.5 Å². The number of hydrogen-bond donors (Lipinski definition) is 1. The van der Waals surface area contributed by atoms with Crippen molar-refractivity contribution in [2.45, 2.75) is 31.6 Å². The van der Waals surface area contributed by atoms with Crippen molar-refractivity contribution in [1.82, 2.24) is 9.88 Å². The van der Waals surface area contributed by atoms with Gasteiger partial charge >= 0.3 is 12.1 Å². The average molecular weight is 594 g/mol. The van der Waals surface area contributed by atoms with Gasteiger partial charge in [-0.05, 0) is 31.2 Å². The van der Waals surface area contributed by atoms with Gasteiger partial charge in [-0.3, -0.25) is 4.79 Å². The number of fused-ring (bicyclic) bond motifs is 1. The Morgan fingerprint density at radius 1 is 1.17 bits per heavy atom. The molecule has 2 aromatic heterocycles. The van der Waals surface area contributed by atoms with Gasteiger partial charge in [-0.1, -0.05) is 6.07 Å². The van der Waals surface area contributed by atoms with Gasteiger partial charge in [0.15, 0.2) is 0 Å². The number of carboxylic acid groups (broad SMARTS) is 1. The van der Waals surface area contributed by atoms with Crippen LogP contribution >= 0.6 is 11.3 Å². The maximum atomic E-state index is 14.9. The molecular weight excluding hydrogens is 566 g/mol. The molecule has 1 saturated heterocycles. The molecule has 2 unspecified atom stereocenters. The SMILES string of the molecule is COc1cccc(N2CCN(C3=Nc4c(csc4F)C(CC(=O)O)N3c3cc(C(F)(F)F)ccc3OC)CC2C)n1. The van der Waals surface area contributed by atoms with Crippen LogP contribution in [0.2, 0.25) is 0 Å². The maximum absolute atomic E-state index is 14.9. The number of pyridine rings is 1. The number of piperazine rings is 1. The second kappa shape index (κ2) is 11.1. The van der Waals surface area contributed by atoms with E-state index in [1.165, 1.54) is 30.6 Å². The number of aromatic nitrogens is 1. The Hall–Kier alpha value is -4.07. The highest BCUT2D eigenvalue weighted by Crippen LogP contribution is 2.47. The molecule has 2 aliphatic heterocycles. The van der Waals surface area contributed by atoms with E-state index < -0.39 is 35.3 Å². The molecule has 1 N–H and O–H groups in total. The first kappa shape index (κ1) is 28.5. The minimum Gasteiger partial charge on any atom is -0.495 e. The van der Waals surface area contributed by atoms with E-state index in [4.69, 9.17) is 9.47 Å². The number of nitrogens with zero attached hydrogens (tertiary/aromatic N) is 5. The molecule has 0 aliphatic carbocycles. The number of thiophene rings is 1. The van der Waals surface area contributed by atoms with E-state index in [0.29, 0.717) is 31.3 Å². The Morgan fingerprint density at radius 2 is 1.95 bits per heavy atom. The predicted octanol–water partition coefficient (Wildman–Crippen LogP) is 5.55. The third-order valence-electron chi connectivity index (χ3n) is 7.10. The van der Waals surface area contributed by atoms with Crippen LogP contribution in [0.5, 0.6) is 11.6 Å². The summed E-state index contributed by atoms with van der Waals surface area (Å²) < 4.78 is 67.1. The summed E-state index contributed by atoms with van der Waals surface area (Å²) in [7, 11) is 2.84. The van der Waals surface area contributed by atoms with Gasteiger partial charge in [-0.25, -0.2) is 4.99 Å². The molecule has 0 radical (unpaired) electrons. The Kier molecular flexibility index (Phi) is 7.68. The third-order valence-corrected chi connectivity index (χ3v) is 7.88. The first-order valence-corrected chi connectivity index (χ1v) is 13.5. The smallest absolute Gasteiger partial charge is 0.416 e. The van der Waals surface area contributed by atoms with Crippen molar-refractivity contribution in [2.75, 3.05) is 43.7 Å². The molecule has 14 heteroatoms. The molecule has 2 aliphatic rings. The largest absolute Gasteiger partial charge is 0.495 e. The fraction of sp³-hybridized carbons (Fsp3) is 0.370. The number of hydrogen-bond acceptors (Lipinski definition) is 9. The topological polar surface area (TPSA) is 90.7 Å². The monoisotopic (exact) mass is 593 g/mol. The van der Waals surface area contributed by atoms with Gasteiger partial charge in [0.05, 0.1) is 37.9 Å². The van der Waals surface area contributed by atoms with Gasteiger partial charge in [0, 0.05) is 42.7 Å². The number of aliphatic imine (C=N–C) groups is 1. The average Bonchev–Trinajstić information content (AvgIpc) is 3.32. The first-order chi connectivity index (χ1) is 19.5. The lowest BCUT2D eigenvalue weighted by molar-refractivity contribution is -0.138. The Labute approximate surface area is 237 Å². The summed E-state index contributed by atoms with van der Waals surface area (Å²) in [5.74, 6) is 0.172. The minimum atomic E-state index is -4.67. The number of aliphatic carboxylic acids is 1. The number of carboxylic acids is 1. The first-order valence-electron chi connectivity index (χ1n) is 12.7. The van der Waals surface area contributed by atoms with E-state index in [1.54, 1.807) is 6.07 Å². The highest BCUT2D eigenvalue weighted by atomic mass is 32.1. The number of ether oxygens (including phenoxy) is 2. The number of benzene rings is 1. The van der Waals surface area contributed by atoms with Crippen molar-refractivity contribution < 1.29 is 36.9 Å². The van der Waals surface area contributed by atoms with Crippen LogP contribution in [0.15, 0.2) is 46.8 Å². The molecule has 0 bridgehead atoms. The summed E-state index contributed by atoms with van der Waals surface area (Å²) in [5.41, 5.74) is -0.686. The van der Waals surface area contributed by atoms with Crippen LogP contribution in [0.1, 0.15) is 30.5 Å². The molecule has 4 heterocycles. The van der Waals surface area contributed by atoms with Crippen LogP contribution in [0.25, 0.3) is 0 Å². The van der Waals surface area contributed by atoms with Crippen molar-refractivity contribution in [3.63, 3.8) is 0 Å². The minimum absolute atomic E-state index is 0.0111. The van der Waals surface area contributed by atoms with Gasteiger partial charge in [0.1, 0.15) is 17.3 Å². The fourth-order valence-electron chi connectivity index (χ4n) is 5.19. The standard InChI is InChI=1S/C27H27F4N5O4S/c1-15-13-34(9-10-35(15)21-5-4-6-22(32-21)40-3)26-33-24-17(14-41-25(24)28)18(12-23(37)38)36(26)19-11-16(27(29,30)31)7-8-20(19)39-2/h4-8,11,14-15,18H,9-10,12-13H2,1-3H3,(H,37,38). The normalized spacial score (nSPS) is 19.1. The summed E-state index contributed by atoms with van der Waals surface area (Å²) in [6.45, 7) is 3.10. The summed E-state index contributed by atoms with van der Waals surface area (Å²) >= 11 is 0.765. The van der Waals surface area contributed by atoms with E-state index in [9.17, 15) is 27.5 Å². The third kappa shape index (κ3) is 5.47. The van der Waals surface area contributed by atoms with Crippen LogP contribution < -0.4 is 19.3 Å². The predicted molar refractivity (Wildman–Crippen MR) is 146 cm³/mol. The van der Waals surface area contributed by atoms with Gasteiger partial charge < -0.3 is 29.3 Å². The summed E-state index contributed by atoms with van der Waals surface area (Å²) in [6.07, 6.45) is -5.18. The van der Waals surface area contributed by atoms with E-state index in [-0.39, 0.29) is 34.7 Å². The Morgan fingerprint density at radius 3 is 2.61 bits per heavy atom. The molecule has 2 atom stereocenters. The molecular formula is C27H27F4N5O4S. The molecule has 0 saturated carbocycles. The van der Waals surface area contributed by atoms with Crippen LogP contribution in [-0.4, -0.2) is 66.8 Å². The molecule has 9 nitrogen and oxygen atoms in total.